The average Bonchev–Trinajstić information content (AvgIpc) is 3.41. The third-order valence-corrected chi connectivity index (χ3v) is 6.07. The summed E-state index contributed by atoms with van der Waals surface area (Å²) in [6.45, 7) is 3.78. The van der Waals surface area contributed by atoms with Gasteiger partial charge in [-0.1, -0.05) is 12.1 Å². The Hall–Kier alpha value is -3.36. The van der Waals surface area contributed by atoms with E-state index in [1.165, 1.54) is 22.2 Å². The highest BCUT2D eigenvalue weighted by atomic mass is 32.1. The second-order valence-corrected chi connectivity index (χ2v) is 7.64. The summed E-state index contributed by atoms with van der Waals surface area (Å²) < 4.78 is 0. The average molecular weight is 404 g/mol. The van der Waals surface area contributed by atoms with E-state index in [9.17, 15) is 0 Å². The van der Waals surface area contributed by atoms with Crippen LogP contribution < -0.4 is 11.1 Å². The number of aromatic nitrogens is 2. The van der Waals surface area contributed by atoms with Crippen molar-refractivity contribution >= 4 is 41.7 Å². The molecule has 0 saturated heterocycles. The van der Waals surface area contributed by atoms with Crippen molar-refractivity contribution in [1.29, 1.82) is 5.41 Å². The maximum Gasteiger partial charge on any atom is 0.0963 e. The molecule has 0 atom stereocenters. The van der Waals surface area contributed by atoms with E-state index < -0.39 is 0 Å². The number of rotatable bonds is 7. The highest BCUT2D eigenvalue weighted by Crippen LogP contribution is 2.45. The van der Waals surface area contributed by atoms with Crippen LogP contribution in [0, 0.1) is 5.41 Å². The molecule has 8 heteroatoms. The number of H-pyrrole nitrogens is 1. The van der Waals surface area contributed by atoms with Gasteiger partial charge in [-0.3, -0.25) is 15.1 Å². The van der Waals surface area contributed by atoms with E-state index in [2.05, 4.69) is 38.3 Å². The fraction of sp³-hybridized carbons (Fsp3) is 0.143. The van der Waals surface area contributed by atoms with Gasteiger partial charge >= 0.3 is 0 Å². The standard InChI is InChI=1S/C21H21N7S/c1-24-9-14(10-26-11-23)18-6-15-19(29-18)7-16-20(27-28-21(15)16)12-3-4-13(8-22)17(5-12)25-2/h3-6,8-10,22,25H,1,7,11,23H2,2H3,(H,27,28)/b14-9+,22-8?,26-10-. The summed E-state index contributed by atoms with van der Waals surface area (Å²) in [7, 11) is 1.86. The molecule has 0 amide bonds. The number of fused-ring (bicyclic) bond motifs is 3. The molecule has 1 aliphatic rings. The summed E-state index contributed by atoms with van der Waals surface area (Å²) in [5.41, 5.74) is 13.5. The van der Waals surface area contributed by atoms with Gasteiger partial charge in [-0.25, -0.2) is 0 Å². The highest BCUT2D eigenvalue weighted by molar-refractivity contribution is 7.14. The molecule has 0 unspecified atom stereocenters. The Morgan fingerprint density at radius 2 is 2.31 bits per heavy atom. The third kappa shape index (κ3) is 3.32. The summed E-state index contributed by atoms with van der Waals surface area (Å²) in [5, 5.41) is 18.5. The first-order valence-corrected chi connectivity index (χ1v) is 9.91. The van der Waals surface area contributed by atoms with Crippen molar-refractivity contribution in [2.75, 3.05) is 19.0 Å². The van der Waals surface area contributed by atoms with Gasteiger partial charge in [0.2, 0.25) is 0 Å². The van der Waals surface area contributed by atoms with Gasteiger partial charge in [0.15, 0.2) is 0 Å². The molecule has 0 spiro atoms. The monoisotopic (exact) mass is 403 g/mol. The molecular formula is C21H21N7S. The van der Waals surface area contributed by atoms with Crippen LogP contribution >= 0.6 is 11.3 Å². The van der Waals surface area contributed by atoms with E-state index in [-0.39, 0.29) is 6.67 Å². The lowest BCUT2D eigenvalue weighted by molar-refractivity contribution is 1.08. The molecule has 0 aliphatic heterocycles. The zero-order chi connectivity index (χ0) is 20.4. The second kappa shape index (κ2) is 7.94. The predicted octanol–water partition coefficient (Wildman–Crippen LogP) is 3.78. The minimum Gasteiger partial charge on any atom is -0.388 e. The van der Waals surface area contributed by atoms with Crippen molar-refractivity contribution in [3.05, 3.63) is 51.3 Å². The maximum absolute atomic E-state index is 7.53. The van der Waals surface area contributed by atoms with Crippen LogP contribution in [-0.2, 0) is 6.42 Å². The minimum atomic E-state index is 0.235. The first-order chi connectivity index (χ1) is 14.2. The molecule has 7 nitrogen and oxygen atoms in total. The van der Waals surface area contributed by atoms with Gasteiger partial charge in [0.1, 0.15) is 0 Å². The molecule has 0 fully saturated rings. The van der Waals surface area contributed by atoms with Crippen LogP contribution in [0.5, 0.6) is 0 Å². The number of benzene rings is 1. The van der Waals surface area contributed by atoms with E-state index in [1.807, 2.05) is 25.2 Å². The van der Waals surface area contributed by atoms with Gasteiger partial charge in [-0.15, -0.1) is 11.3 Å². The van der Waals surface area contributed by atoms with Gasteiger partial charge in [0, 0.05) is 75.4 Å². The molecule has 4 rings (SSSR count). The summed E-state index contributed by atoms with van der Waals surface area (Å²) in [4.78, 5) is 10.4. The fourth-order valence-corrected chi connectivity index (χ4v) is 4.68. The molecule has 146 valence electrons. The van der Waals surface area contributed by atoms with Crippen LogP contribution in [0.3, 0.4) is 0 Å². The van der Waals surface area contributed by atoms with E-state index in [1.54, 1.807) is 23.8 Å². The SMILES string of the molecule is C=N/C=C(\C=N/CN)c1cc2c(s1)Cc1c(-c3ccc(C=N)c(NC)c3)n[nH]c1-2. The normalized spacial score (nSPS) is 12.8. The Bertz CT molecular complexity index is 1150. The van der Waals surface area contributed by atoms with Gasteiger partial charge in [0.25, 0.3) is 0 Å². The number of nitrogens with zero attached hydrogens (tertiary/aromatic N) is 3. The number of aliphatic imine (C=N–C) groups is 2. The zero-order valence-electron chi connectivity index (χ0n) is 16.0. The smallest absolute Gasteiger partial charge is 0.0963 e. The van der Waals surface area contributed by atoms with E-state index in [0.29, 0.717) is 0 Å². The number of aromatic amines is 1. The number of thiophene rings is 1. The van der Waals surface area contributed by atoms with Crippen LogP contribution in [0.2, 0.25) is 0 Å². The van der Waals surface area contributed by atoms with Crippen molar-refractivity contribution in [1.82, 2.24) is 10.2 Å². The van der Waals surface area contributed by atoms with Crippen molar-refractivity contribution < 1.29 is 0 Å². The molecule has 1 aliphatic carbocycles. The lowest BCUT2D eigenvalue weighted by atomic mass is 10.0. The molecule has 0 saturated carbocycles. The first kappa shape index (κ1) is 19.0. The largest absolute Gasteiger partial charge is 0.388 e. The maximum atomic E-state index is 7.53. The van der Waals surface area contributed by atoms with Crippen molar-refractivity contribution in [2.24, 2.45) is 15.7 Å². The topological polar surface area (TPSA) is 115 Å². The second-order valence-electron chi connectivity index (χ2n) is 6.51. The van der Waals surface area contributed by atoms with Crippen molar-refractivity contribution in [3.63, 3.8) is 0 Å². The predicted molar refractivity (Wildman–Crippen MR) is 123 cm³/mol. The van der Waals surface area contributed by atoms with Gasteiger partial charge < -0.3 is 16.5 Å². The molecule has 3 aromatic rings. The van der Waals surface area contributed by atoms with Crippen LogP contribution in [0.1, 0.15) is 20.9 Å². The first-order valence-electron chi connectivity index (χ1n) is 9.09. The number of allylic oxidation sites excluding steroid dienone is 1. The van der Waals surface area contributed by atoms with Crippen LogP contribution in [-0.4, -0.2) is 43.1 Å². The Morgan fingerprint density at radius 3 is 3.03 bits per heavy atom. The molecule has 0 bridgehead atoms. The zero-order valence-corrected chi connectivity index (χ0v) is 16.8. The summed E-state index contributed by atoms with van der Waals surface area (Å²) >= 11 is 1.72. The molecular weight excluding hydrogens is 382 g/mol. The van der Waals surface area contributed by atoms with Crippen molar-refractivity contribution in [2.45, 2.75) is 6.42 Å². The van der Waals surface area contributed by atoms with Gasteiger partial charge in [-0.05, 0) is 18.9 Å². The molecule has 2 heterocycles. The highest BCUT2D eigenvalue weighted by Gasteiger charge is 2.28. The third-order valence-electron chi connectivity index (χ3n) is 4.89. The Kier molecular flexibility index (Phi) is 5.20. The Morgan fingerprint density at radius 1 is 1.45 bits per heavy atom. The summed E-state index contributed by atoms with van der Waals surface area (Å²) in [5.74, 6) is 0. The van der Waals surface area contributed by atoms with E-state index in [0.717, 1.165) is 45.1 Å². The number of anilines is 1. The quantitative estimate of drug-likeness (QED) is 0.352. The molecule has 1 aromatic carbocycles. The molecule has 2 aromatic heterocycles. The molecule has 29 heavy (non-hydrogen) atoms. The lowest BCUT2D eigenvalue weighted by Gasteiger charge is -2.07. The number of hydrogen-bond acceptors (Lipinski definition) is 7. The van der Waals surface area contributed by atoms with Crippen molar-refractivity contribution in [3.8, 4) is 22.5 Å². The number of nitrogens with one attached hydrogen (secondary N) is 3. The van der Waals surface area contributed by atoms with Gasteiger partial charge in [-0.2, -0.15) is 5.10 Å². The lowest BCUT2D eigenvalue weighted by Crippen LogP contribution is -1.95. The van der Waals surface area contributed by atoms with E-state index >= 15 is 0 Å². The van der Waals surface area contributed by atoms with Gasteiger partial charge in [0.05, 0.1) is 18.1 Å². The molecule has 0 radical (unpaired) electrons. The fourth-order valence-electron chi connectivity index (χ4n) is 3.53. The van der Waals surface area contributed by atoms with Crippen LogP contribution in [0.4, 0.5) is 5.69 Å². The minimum absolute atomic E-state index is 0.235. The summed E-state index contributed by atoms with van der Waals surface area (Å²) in [6, 6.07) is 8.13. The number of hydrogen-bond donors (Lipinski definition) is 4. The number of nitrogens with two attached hydrogens (primary N) is 1. The van der Waals surface area contributed by atoms with E-state index in [4.69, 9.17) is 11.1 Å². The summed E-state index contributed by atoms with van der Waals surface area (Å²) in [6.07, 6.45) is 5.61. The Balaban J connectivity index is 1.72. The van der Waals surface area contributed by atoms with Crippen LogP contribution in [0.25, 0.3) is 28.1 Å². The Labute approximate surface area is 172 Å². The van der Waals surface area contributed by atoms with Crippen LogP contribution in [0.15, 0.2) is 40.5 Å². The molecule has 5 N–H and O–H groups in total.